The zero-order valence-electron chi connectivity index (χ0n) is 20.6. The number of nitrogens with one attached hydrogen (secondary N) is 1. The number of aryl methyl sites for hydroxylation is 1. The molecule has 0 aliphatic carbocycles. The molecular formula is C28H28F3N3O3. The van der Waals surface area contributed by atoms with Crippen LogP contribution >= 0.6 is 0 Å². The molecule has 5 rings (SSSR count). The molecule has 2 atom stereocenters. The Kier molecular flexibility index (Phi) is 6.45. The van der Waals surface area contributed by atoms with Crippen LogP contribution in [0.2, 0.25) is 0 Å². The molecule has 1 fully saturated rings. The van der Waals surface area contributed by atoms with Crippen LogP contribution in [0, 0.1) is 6.92 Å². The summed E-state index contributed by atoms with van der Waals surface area (Å²) in [4.78, 5) is 18.5. The molecule has 37 heavy (non-hydrogen) atoms. The van der Waals surface area contributed by atoms with Gasteiger partial charge in [-0.05, 0) is 59.5 Å². The summed E-state index contributed by atoms with van der Waals surface area (Å²) < 4.78 is 48.4. The van der Waals surface area contributed by atoms with E-state index in [1.54, 1.807) is 6.07 Å². The van der Waals surface area contributed by atoms with E-state index in [9.17, 15) is 18.7 Å². The van der Waals surface area contributed by atoms with Gasteiger partial charge >= 0.3 is 0 Å². The van der Waals surface area contributed by atoms with Gasteiger partial charge in [0.1, 0.15) is 5.69 Å². The molecule has 194 valence electrons. The van der Waals surface area contributed by atoms with Crippen LogP contribution in [-0.2, 0) is 17.1 Å². The zero-order valence-corrected chi connectivity index (χ0v) is 20.6. The lowest BCUT2D eigenvalue weighted by atomic mass is 9.82. The van der Waals surface area contributed by atoms with Crippen molar-refractivity contribution < 1.29 is 27.8 Å². The average molecular weight is 512 g/mol. The Labute approximate surface area is 213 Å². The maximum Gasteiger partial charge on any atom is 0.286 e. The number of carbonyl (C=O) groups is 1. The maximum absolute atomic E-state index is 15.6. The fourth-order valence-electron chi connectivity index (χ4n) is 5.09. The normalized spacial score (nSPS) is 21.2. The molecule has 0 bridgehead atoms. The first-order valence-corrected chi connectivity index (χ1v) is 12.1. The second kappa shape index (κ2) is 9.46. The number of fused-ring (bicyclic) bond motifs is 3. The summed E-state index contributed by atoms with van der Waals surface area (Å²) in [6.07, 6.45) is 1.29. The number of aliphatic hydroxyl groups excluding tert-OH is 1. The van der Waals surface area contributed by atoms with Crippen molar-refractivity contribution >= 4 is 17.3 Å². The van der Waals surface area contributed by atoms with Crippen molar-refractivity contribution in [3.8, 4) is 11.1 Å². The van der Waals surface area contributed by atoms with Crippen molar-refractivity contribution in [1.82, 2.24) is 4.98 Å². The van der Waals surface area contributed by atoms with Gasteiger partial charge in [-0.3, -0.25) is 9.78 Å². The number of benzene rings is 2. The molecule has 6 nitrogen and oxygen atoms in total. The van der Waals surface area contributed by atoms with Crippen LogP contribution in [0.5, 0.6) is 0 Å². The number of hydrogen-bond donors (Lipinski definition) is 2. The van der Waals surface area contributed by atoms with Crippen LogP contribution in [0.25, 0.3) is 11.1 Å². The first-order chi connectivity index (χ1) is 17.6. The Bertz CT molecular complexity index is 1340. The number of rotatable bonds is 5. The highest BCUT2D eigenvalue weighted by Gasteiger charge is 2.48. The van der Waals surface area contributed by atoms with Gasteiger partial charge < -0.3 is 20.1 Å². The lowest BCUT2D eigenvalue weighted by Gasteiger charge is -2.48. The molecule has 2 unspecified atom stereocenters. The third-order valence-electron chi connectivity index (χ3n) is 7.15. The molecule has 2 N–H and O–H groups in total. The van der Waals surface area contributed by atoms with Crippen LogP contribution in [0.4, 0.5) is 24.5 Å². The van der Waals surface area contributed by atoms with E-state index in [4.69, 9.17) is 4.74 Å². The number of anilines is 2. The highest BCUT2D eigenvalue weighted by Crippen LogP contribution is 2.42. The zero-order chi connectivity index (χ0) is 26.4. The molecule has 3 aromatic rings. The number of aromatic nitrogens is 1. The summed E-state index contributed by atoms with van der Waals surface area (Å²) in [5.74, 6) is -3.68. The highest BCUT2D eigenvalue weighted by molar-refractivity contribution is 6.04. The van der Waals surface area contributed by atoms with E-state index in [2.05, 4.69) is 10.3 Å². The lowest BCUT2D eigenvalue weighted by molar-refractivity contribution is -0.0173. The summed E-state index contributed by atoms with van der Waals surface area (Å²) in [7, 11) is 0. The molecule has 0 radical (unpaired) electrons. The van der Waals surface area contributed by atoms with Gasteiger partial charge in [-0.2, -0.15) is 8.78 Å². The number of morpholine rings is 1. The summed E-state index contributed by atoms with van der Waals surface area (Å²) in [5, 5.41) is 12.6. The molecule has 9 heteroatoms. The van der Waals surface area contributed by atoms with Crippen LogP contribution in [0.15, 0.2) is 54.7 Å². The third kappa shape index (κ3) is 4.81. The van der Waals surface area contributed by atoms with Crippen LogP contribution in [0.3, 0.4) is 0 Å². The smallest absolute Gasteiger partial charge is 0.286 e. The molecule has 0 saturated carbocycles. The minimum absolute atomic E-state index is 0.0828. The number of halogens is 3. The van der Waals surface area contributed by atoms with Gasteiger partial charge in [-0.15, -0.1) is 0 Å². The first kappa shape index (κ1) is 25.2. The molecule has 1 amide bonds. The predicted molar refractivity (Wildman–Crippen MR) is 135 cm³/mol. The minimum Gasteiger partial charge on any atom is -0.393 e. The van der Waals surface area contributed by atoms with Gasteiger partial charge in [-0.25, -0.2) is 4.39 Å². The number of ether oxygens (including phenoxy) is 1. The van der Waals surface area contributed by atoms with E-state index in [1.807, 2.05) is 42.2 Å². The first-order valence-electron chi connectivity index (χ1n) is 12.1. The van der Waals surface area contributed by atoms with Crippen LogP contribution in [-0.4, -0.2) is 54.1 Å². The molecule has 3 heterocycles. The van der Waals surface area contributed by atoms with Crippen LogP contribution < -0.4 is 10.2 Å². The topological polar surface area (TPSA) is 74.7 Å². The standard InChI is InChI=1S/C28H28F3N3O3/c1-17-3-6-21(33-26(36)19-7-8-32-24(12-19)27(2,29)30)13-22(17)18-4-5-20-14-28(31,16-35)25-15-37-10-9-34(25)23(20)11-18/h3-8,11-13,25,35H,9-10,14-16H2,1-2H3,(H,33,36). The van der Waals surface area contributed by atoms with E-state index in [0.717, 1.165) is 40.9 Å². The third-order valence-corrected chi connectivity index (χ3v) is 7.15. The van der Waals surface area contributed by atoms with Crippen molar-refractivity contribution in [2.24, 2.45) is 0 Å². The van der Waals surface area contributed by atoms with Gasteiger partial charge in [0.15, 0.2) is 5.67 Å². The molecule has 2 aromatic carbocycles. The molecular weight excluding hydrogens is 483 g/mol. The van der Waals surface area contributed by atoms with E-state index >= 15 is 4.39 Å². The highest BCUT2D eigenvalue weighted by atomic mass is 19.3. The Morgan fingerprint density at radius 1 is 1.24 bits per heavy atom. The van der Waals surface area contributed by atoms with Crippen molar-refractivity contribution in [2.75, 3.05) is 36.6 Å². The van der Waals surface area contributed by atoms with E-state index in [-0.39, 0.29) is 18.6 Å². The van der Waals surface area contributed by atoms with E-state index in [1.165, 1.54) is 12.3 Å². The van der Waals surface area contributed by atoms with Crippen molar-refractivity contribution in [2.45, 2.75) is 37.9 Å². The number of nitrogens with zero attached hydrogens (tertiary/aromatic N) is 2. The molecule has 2 aliphatic heterocycles. The molecule has 1 aromatic heterocycles. The number of amides is 1. The van der Waals surface area contributed by atoms with Gasteiger partial charge in [0.2, 0.25) is 0 Å². The number of pyridine rings is 1. The second-order valence-corrected chi connectivity index (χ2v) is 9.80. The quantitative estimate of drug-likeness (QED) is 0.511. The van der Waals surface area contributed by atoms with Crippen molar-refractivity contribution in [3.05, 3.63) is 77.1 Å². The number of aliphatic hydroxyl groups is 1. The van der Waals surface area contributed by atoms with Gasteiger partial charge in [0.05, 0.1) is 25.9 Å². The fraction of sp³-hybridized carbons (Fsp3) is 0.357. The predicted octanol–water partition coefficient (Wildman–Crippen LogP) is 4.88. The largest absolute Gasteiger partial charge is 0.393 e. The molecule has 0 spiro atoms. The summed E-state index contributed by atoms with van der Waals surface area (Å²) >= 11 is 0. The lowest BCUT2D eigenvalue weighted by Crippen LogP contribution is -2.62. The van der Waals surface area contributed by atoms with Gasteiger partial charge in [0.25, 0.3) is 11.8 Å². The minimum atomic E-state index is -3.15. The summed E-state index contributed by atoms with van der Waals surface area (Å²) in [6, 6.07) is 13.2. The molecule has 2 aliphatic rings. The monoisotopic (exact) mass is 511 g/mol. The van der Waals surface area contributed by atoms with Crippen molar-refractivity contribution in [3.63, 3.8) is 0 Å². The van der Waals surface area contributed by atoms with Gasteiger partial charge in [-0.1, -0.05) is 18.2 Å². The maximum atomic E-state index is 15.6. The average Bonchev–Trinajstić information content (AvgIpc) is 2.89. The SMILES string of the molecule is Cc1ccc(NC(=O)c2ccnc(C(C)(F)F)c2)cc1-c1ccc2c(c1)N1CCOCC1C(F)(CO)C2. The van der Waals surface area contributed by atoms with Gasteiger partial charge in [0, 0.05) is 43.0 Å². The Morgan fingerprint density at radius 2 is 2.05 bits per heavy atom. The Morgan fingerprint density at radius 3 is 2.81 bits per heavy atom. The van der Waals surface area contributed by atoms with E-state index < -0.39 is 35.8 Å². The second-order valence-electron chi connectivity index (χ2n) is 9.80. The van der Waals surface area contributed by atoms with Crippen LogP contribution in [0.1, 0.15) is 34.1 Å². The number of alkyl halides is 3. The Balaban J connectivity index is 1.45. The Hall–Kier alpha value is -3.43. The van der Waals surface area contributed by atoms with E-state index in [0.29, 0.717) is 18.8 Å². The van der Waals surface area contributed by atoms with Crippen molar-refractivity contribution in [1.29, 1.82) is 0 Å². The number of carbonyl (C=O) groups excluding carboxylic acids is 1. The number of hydrogen-bond acceptors (Lipinski definition) is 5. The fourth-order valence-corrected chi connectivity index (χ4v) is 5.09. The summed E-state index contributed by atoms with van der Waals surface area (Å²) in [6.45, 7) is 3.32. The molecule has 1 saturated heterocycles. The summed E-state index contributed by atoms with van der Waals surface area (Å²) in [5.41, 5.74) is 2.82.